The van der Waals surface area contributed by atoms with Crippen LogP contribution in [0.5, 0.6) is 0 Å². The molecule has 2 nitrogen and oxygen atoms in total. The first kappa shape index (κ1) is 10.4. The number of rotatable bonds is 3. The molecule has 2 rings (SSSR count). The van der Waals surface area contributed by atoms with Gasteiger partial charge in [0.25, 0.3) is 0 Å². The summed E-state index contributed by atoms with van der Waals surface area (Å²) in [6.07, 6.45) is 8.10. The van der Waals surface area contributed by atoms with Crippen molar-refractivity contribution in [1.82, 2.24) is 0 Å². The lowest BCUT2D eigenvalue weighted by molar-refractivity contribution is -0.139. The predicted octanol–water partition coefficient (Wildman–Crippen LogP) is 2.09. The molecule has 2 N–H and O–H groups in total. The van der Waals surface area contributed by atoms with Crippen molar-refractivity contribution in [2.45, 2.75) is 57.5 Å². The highest BCUT2D eigenvalue weighted by molar-refractivity contribution is 5.05. The second-order valence-electron chi connectivity index (χ2n) is 5.48. The molecule has 0 saturated heterocycles. The van der Waals surface area contributed by atoms with E-state index in [-0.39, 0.29) is 12.0 Å². The van der Waals surface area contributed by atoms with Crippen LogP contribution in [0.15, 0.2) is 0 Å². The van der Waals surface area contributed by atoms with Crippen molar-refractivity contribution in [3.8, 4) is 0 Å². The lowest BCUT2D eigenvalue weighted by Gasteiger charge is -2.47. The summed E-state index contributed by atoms with van der Waals surface area (Å²) >= 11 is 0. The normalized spacial score (nSPS) is 31.1. The van der Waals surface area contributed by atoms with E-state index in [2.05, 4.69) is 6.92 Å². The summed E-state index contributed by atoms with van der Waals surface area (Å²) in [5, 5.41) is 20.1. The van der Waals surface area contributed by atoms with Gasteiger partial charge in [0.15, 0.2) is 0 Å². The zero-order chi connectivity index (χ0) is 10.2. The average Bonchev–Trinajstić information content (AvgIpc) is 3.01. The maximum Gasteiger partial charge on any atom is 0.0958 e. The lowest BCUT2D eigenvalue weighted by atomic mass is 9.63. The zero-order valence-corrected chi connectivity index (χ0v) is 9.13. The Morgan fingerprint density at radius 2 is 1.79 bits per heavy atom. The minimum absolute atomic E-state index is 0.0266. The molecule has 0 heterocycles. The summed E-state index contributed by atoms with van der Waals surface area (Å²) < 4.78 is 0. The Bertz CT molecular complexity index is 204. The highest BCUT2D eigenvalue weighted by atomic mass is 16.3. The van der Waals surface area contributed by atoms with Crippen LogP contribution in [0.1, 0.15) is 51.9 Å². The van der Waals surface area contributed by atoms with Crippen LogP contribution in [0.4, 0.5) is 0 Å². The van der Waals surface area contributed by atoms with Crippen LogP contribution < -0.4 is 0 Å². The van der Waals surface area contributed by atoms with Crippen LogP contribution in [0.3, 0.4) is 0 Å². The van der Waals surface area contributed by atoms with Crippen LogP contribution in [-0.2, 0) is 0 Å². The molecule has 0 aliphatic heterocycles. The maximum atomic E-state index is 10.6. The molecule has 0 aromatic rings. The molecule has 1 atom stereocenters. The standard InChI is InChI=1S/C12H22O2/c1-11(7-3-2-4-8-11)12(14,9-13)10-5-6-10/h10,13-14H,2-9H2,1H3/t12-/m0/s1. The van der Waals surface area contributed by atoms with E-state index in [4.69, 9.17) is 0 Å². The van der Waals surface area contributed by atoms with E-state index in [1.165, 1.54) is 19.3 Å². The van der Waals surface area contributed by atoms with Gasteiger partial charge in [-0.2, -0.15) is 0 Å². The summed E-state index contributed by atoms with van der Waals surface area (Å²) in [4.78, 5) is 0. The molecule has 0 bridgehead atoms. The van der Waals surface area contributed by atoms with Gasteiger partial charge in [-0.3, -0.25) is 0 Å². The molecule has 2 saturated carbocycles. The van der Waals surface area contributed by atoms with Crippen LogP contribution in [0.2, 0.25) is 0 Å². The third-order valence-corrected chi connectivity index (χ3v) is 4.50. The van der Waals surface area contributed by atoms with Crippen LogP contribution in [-0.4, -0.2) is 22.4 Å². The first-order chi connectivity index (χ1) is 6.62. The largest absolute Gasteiger partial charge is 0.393 e. The van der Waals surface area contributed by atoms with E-state index in [1.54, 1.807) is 0 Å². The van der Waals surface area contributed by atoms with Gasteiger partial charge >= 0.3 is 0 Å². The number of aliphatic hydroxyl groups is 2. The van der Waals surface area contributed by atoms with Gasteiger partial charge in [0.1, 0.15) is 0 Å². The highest BCUT2D eigenvalue weighted by Crippen LogP contribution is 2.54. The minimum Gasteiger partial charge on any atom is -0.393 e. The van der Waals surface area contributed by atoms with Crippen molar-refractivity contribution < 1.29 is 10.2 Å². The molecule has 14 heavy (non-hydrogen) atoms. The van der Waals surface area contributed by atoms with Crippen molar-refractivity contribution in [3.05, 3.63) is 0 Å². The molecule has 0 radical (unpaired) electrons. The Labute approximate surface area is 86.3 Å². The van der Waals surface area contributed by atoms with Crippen molar-refractivity contribution in [2.75, 3.05) is 6.61 Å². The molecule has 2 heteroatoms. The van der Waals surface area contributed by atoms with Crippen molar-refractivity contribution in [1.29, 1.82) is 0 Å². The van der Waals surface area contributed by atoms with Gasteiger partial charge in [-0.25, -0.2) is 0 Å². The monoisotopic (exact) mass is 198 g/mol. The van der Waals surface area contributed by atoms with E-state index < -0.39 is 5.60 Å². The third-order valence-electron chi connectivity index (χ3n) is 4.50. The molecule has 82 valence electrons. The smallest absolute Gasteiger partial charge is 0.0958 e. The van der Waals surface area contributed by atoms with E-state index >= 15 is 0 Å². The van der Waals surface area contributed by atoms with Gasteiger partial charge in [0.2, 0.25) is 0 Å². The molecule has 0 aromatic carbocycles. The zero-order valence-electron chi connectivity index (χ0n) is 9.13. The third kappa shape index (κ3) is 1.49. The molecule has 0 spiro atoms. The van der Waals surface area contributed by atoms with Gasteiger partial charge in [0, 0.05) is 0 Å². The summed E-state index contributed by atoms with van der Waals surface area (Å²) in [7, 11) is 0. The van der Waals surface area contributed by atoms with Crippen LogP contribution in [0.25, 0.3) is 0 Å². The van der Waals surface area contributed by atoms with Crippen LogP contribution in [0, 0.1) is 11.3 Å². The molecular weight excluding hydrogens is 176 g/mol. The van der Waals surface area contributed by atoms with Gasteiger partial charge in [-0.15, -0.1) is 0 Å². The Morgan fingerprint density at radius 3 is 2.21 bits per heavy atom. The molecule has 2 aliphatic rings. The predicted molar refractivity (Wildman–Crippen MR) is 56.0 cm³/mol. The summed E-state index contributed by atoms with van der Waals surface area (Å²) in [5.74, 6) is 0.371. The molecule has 2 aliphatic carbocycles. The van der Waals surface area contributed by atoms with Gasteiger partial charge in [-0.05, 0) is 37.0 Å². The second-order valence-corrected chi connectivity index (χ2v) is 5.48. The molecule has 0 amide bonds. The molecular formula is C12H22O2. The molecule has 2 fully saturated rings. The minimum atomic E-state index is -0.784. The Balaban J connectivity index is 2.15. The molecule has 0 aromatic heterocycles. The van der Waals surface area contributed by atoms with Gasteiger partial charge < -0.3 is 10.2 Å². The Morgan fingerprint density at radius 1 is 1.21 bits per heavy atom. The fourth-order valence-electron chi connectivity index (χ4n) is 3.14. The Hall–Kier alpha value is -0.0800. The number of hydrogen-bond donors (Lipinski definition) is 2. The van der Waals surface area contributed by atoms with E-state index in [0.717, 1.165) is 25.7 Å². The summed E-state index contributed by atoms with van der Waals surface area (Å²) in [6, 6.07) is 0. The quantitative estimate of drug-likeness (QED) is 0.729. The fourth-order valence-corrected chi connectivity index (χ4v) is 3.14. The SMILES string of the molecule is CC1([C@](O)(CO)C2CC2)CCCCC1. The van der Waals surface area contributed by atoms with Crippen molar-refractivity contribution >= 4 is 0 Å². The highest BCUT2D eigenvalue weighted by Gasteiger charge is 2.55. The lowest BCUT2D eigenvalue weighted by Crippen LogP contribution is -2.52. The van der Waals surface area contributed by atoms with E-state index in [9.17, 15) is 10.2 Å². The fraction of sp³-hybridized carbons (Fsp3) is 1.00. The van der Waals surface area contributed by atoms with Crippen LogP contribution >= 0.6 is 0 Å². The summed E-state index contributed by atoms with van der Waals surface area (Å²) in [6.45, 7) is 2.12. The van der Waals surface area contributed by atoms with Gasteiger partial charge in [0.05, 0.1) is 12.2 Å². The number of aliphatic hydroxyl groups excluding tert-OH is 1. The first-order valence-corrected chi connectivity index (χ1v) is 5.96. The number of hydrogen-bond acceptors (Lipinski definition) is 2. The van der Waals surface area contributed by atoms with Crippen molar-refractivity contribution in [3.63, 3.8) is 0 Å². The average molecular weight is 198 g/mol. The molecule has 0 unspecified atom stereocenters. The Kier molecular flexibility index (Phi) is 2.61. The van der Waals surface area contributed by atoms with E-state index in [1.807, 2.05) is 0 Å². The van der Waals surface area contributed by atoms with E-state index in [0.29, 0.717) is 5.92 Å². The van der Waals surface area contributed by atoms with Gasteiger partial charge in [-0.1, -0.05) is 26.2 Å². The summed E-state index contributed by atoms with van der Waals surface area (Å²) in [5.41, 5.74) is -0.811. The topological polar surface area (TPSA) is 40.5 Å². The van der Waals surface area contributed by atoms with Crippen molar-refractivity contribution in [2.24, 2.45) is 11.3 Å². The maximum absolute atomic E-state index is 10.6. The first-order valence-electron chi connectivity index (χ1n) is 5.96. The second kappa shape index (κ2) is 3.49.